The molecule has 2 aliphatic heterocycles. The quantitative estimate of drug-likeness (QED) is 0.632. The minimum Gasteiger partial charge on any atom is -0.543 e. The summed E-state index contributed by atoms with van der Waals surface area (Å²) in [5.74, 6) is -0.247. The molecule has 0 amide bonds. The van der Waals surface area contributed by atoms with Crippen molar-refractivity contribution in [2.45, 2.75) is 50.6 Å². The lowest BCUT2D eigenvalue weighted by atomic mass is 9.76. The van der Waals surface area contributed by atoms with Gasteiger partial charge in [0.25, 0.3) is 5.97 Å². The van der Waals surface area contributed by atoms with Gasteiger partial charge < -0.3 is 9.97 Å². The molecule has 4 atom stereocenters. The molecule has 2 aliphatic rings. The van der Waals surface area contributed by atoms with Gasteiger partial charge in [0.2, 0.25) is 0 Å². The molecule has 21 heavy (non-hydrogen) atoms. The van der Waals surface area contributed by atoms with E-state index < -0.39 is 0 Å². The SMILES string of the molecule is [B]OC(=O)C1C2CC[C@H](C[C@@H]1c1ccc(CC)c(I)c1)N2. The highest BCUT2D eigenvalue weighted by molar-refractivity contribution is 14.1. The van der Waals surface area contributed by atoms with Crippen LogP contribution in [0.3, 0.4) is 0 Å². The number of fused-ring (bicyclic) bond motifs is 2. The molecular formula is C16H19BINO2. The van der Waals surface area contributed by atoms with Gasteiger partial charge >= 0.3 is 8.05 Å². The number of benzene rings is 1. The van der Waals surface area contributed by atoms with Crippen LogP contribution in [0.1, 0.15) is 43.2 Å². The molecule has 0 aromatic heterocycles. The lowest BCUT2D eigenvalue weighted by Crippen LogP contribution is -2.48. The Morgan fingerprint density at radius 2 is 2.29 bits per heavy atom. The number of hydrogen-bond acceptors (Lipinski definition) is 3. The molecule has 1 aromatic carbocycles. The Hall–Kier alpha value is -0.555. The maximum atomic E-state index is 12.2. The average molecular weight is 395 g/mol. The molecule has 0 aliphatic carbocycles. The van der Waals surface area contributed by atoms with Crippen LogP contribution in [0.2, 0.25) is 0 Å². The van der Waals surface area contributed by atoms with E-state index in [2.05, 4.69) is 57.7 Å². The minimum atomic E-state index is -0.285. The van der Waals surface area contributed by atoms with Crippen molar-refractivity contribution in [1.82, 2.24) is 5.32 Å². The molecule has 2 heterocycles. The van der Waals surface area contributed by atoms with E-state index in [0.717, 1.165) is 25.7 Å². The fourth-order valence-corrected chi connectivity index (χ4v) is 4.81. The summed E-state index contributed by atoms with van der Waals surface area (Å²) in [6.07, 6.45) is 4.19. The second-order valence-electron chi connectivity index (χ2n) is 6.06. The molecule has 5 heteroatoms. The molecule has 110 valence electrons. The Kier molecular flexibility index (Phi) is 4.59. The summed E-state index contributed by atoms with van der Waals surface area (Å²) < 4.78 is 5.86. The number of halogens is 1. The van der Waals surface area contributed by atoms with E-state index in [1.54, 1.807) is 0 Å². The van der Waals surface area contributed by atoms with E-state index in [4.69, 9.17) is 8.05 Å². The molecule has 3 nitrogen and oxygen atoms in total. The van der Waals surface area contributed by atoms with Gasteiger partial charge in [-0.3, -0.25) is 4.79 Å². The van der Waals surface area contributed by atoms with Gasteiger partial charge in [-0.05, 0) is 65.5 Å². The van der Waals surface area contributed by atoms with E-state index in [-0.39, 0.29) is 23.8 Å². The zero-order valence-corrected chi connectivity index (χ0v) is 14.3. The van der Waals surface area contributed by atoms with E-state index in [0.29, 0.717) is 6.04 Å². The first kappa shape index (κ1) is 15.3. The maximum absolute atomic E-state index is 12.2. The molecule has 2 bridgehead atoms. The highest BCUT2D eigenvalue weighted by atomic mass is 127. The molecule has 2 unspecified atom stereocenters. The number of carbonyl (C=O) groups is 1. The highest BCUT2D eigenvalue weighted by Crippen LogP contribution is 2.42. The van der Waals surface area contributed by atoms with Crippen molar-refractivity contribution < 1.29 is 9.45 Å². The minimum absolute atomic E-state index is 0.169. The molecular weight excluding hydrogens is 376 g/mol. The molecule has 1 aromatic rings. The van der Waals surface area contributed by atoms with Gasteiger partial charge in [-0.1, -0.05) is 19.1 Å². The van der Waals surface area contributed by atoms with Gasteiger partial charge in [0.05, 0.1) is 5.92 Å². The van der Waals surface area contributed by atoms with E-state index in [9.17, 15) is 4.79 Å². The number of hydrogen-bond donors (Lipinski definition) is 1. The fourth-order valence-electron chi connectivity index (χ4n) is 3.88. The summed E-state index contributed by atoms with van der Waals surface area (Å²) in [5, 5.41) is 3.53. The molecule has 0 saturated carbocycles. The van der Waals surface area contributed by atoms with Gasteiger partial charge in [-0.15, -0.1) is 0 Å². The monoisotopic (exact) mass is 395 g/mol. The number of carbonyl (C=O) groups excluding carboxylic acids is 1. The maximum Gasteiger partial charge on any atom is 0.378 e. The summed E-state index contributed by atoms with van der Waals surface area (Å²) in [6.45, 7) is 2.16. The molecule has 0 spiro atoms. The first-order valence-electron chi connectivity index (χ1n) is 7.59. The van der Waals surface area contributed by atoms with Crippen LogP contribution in [-0.2, 0) is 15.9 Å². The summed E-state index contributed by atoms with van der Waals surface area (Å²) >= 11 is 2.39. The van der Waals surface area contributed by atoms with Gasteiger partial charge in [0, 0.05) is 21.6 Å². The number of aryl methyl sites for hydroxylation is 1. The van der Waals surface area contributed by atoms with Crippen LogP contribution in [0.25, 0.3) is 0 Å². The smallest absolute Gasteiger partial charge is 0.378 e. The van der Waals surface area contributed by atoms with Crippen molar-refractivity contribution in [2.24, 2.45) is 5.92 Å². The molecule has 2 radical (unpaired) electrons. The van der Waals surface area contributed by atoms with Crippen LogP contribution in [0.5, 0.6) is 0 Å². The largest absolute Gasteiger partial charge is 0.543 e. The highest BCUT2D eigenvalue weighted by Gasteiger charge is 2.46. The zero-order chi connectivity index (χ0) is 15.0. The topological polar surface area (TPSA) is 38.3 Å². The fraction of sp³-hybridized carbons (Fsp3) is 0.562. The van der Waals surface area contributed by atoms with Crippen LogP contribution in [0.4, 0.5) is 0 Å². The molecule has 1 N–H and O–H groups in total. The third kappa shape index (κ3) is 2.87. The van der Waals surface area contributed by atoms with Crippen LogP contribution in [0, 0.1) is 9.49 Å². The third-order valence-corrected chi connectivity index (χ3v) is 5.96. The normalized spacial score (nSPS) is 31.1. The second-order valence-corrected chi connectivity index (χ2v) is 7.22. The summed E-state index contributed by atoms with van der Waals surface area (Å²) in [7, 11) is 5.17. The predicted octanol–water partition coefficient (Wildman–Crippen LogP) is 2.70. The lowest BCUT2D eigenvalue weighted by Gasteiger charge is -2.36. The van der Waals surface area contributed by atoms with Crippen LogP contribution < -0.4 is 5.32 Å². The zero-order valence-electron chi connectivity index (χ0n) is 12.1. The van der Waals surface area contributed by atoms with Gasteiger partial charge in [0.15, 0.2) is 0 Å². The molecule has 2 fully saturated rings. The van der Waals surface area contributed by atoms with E-state index in [1.165, 1.54) is 14.7 Å². The summed E-state index contributed by atoms with van der Waals surface area (Å²) in [4.78, 5) is 12.2. The van der Waals surface area contributed by atoms with Crippen LogP contribution in [0.15, 0.2) is 18.2 Å². The first-order chi connectivity index (χ1) is 10.1. The Morgan fingerprint density at radius 3 is 2.95 bits per heavy atom. The average Bonchev–Trinajstić information content (AvgIpc) is 2.87. The summed E-state index contributed by atoms with van der Waals surface area (Å²) in [6, 6.07) is 7.31. The van der Waals surface area contributed by atoms with E-state index in [1.807, 2.05) is 0 Å². The Labute approximate surface area is 140 Å². The van der Waals surface area contributed by atoms with Crippen LogP contribution >= 0.6 is 22.6 Å². The van der Waals surface area contributed by atoms with Crippen molar-refractivity contribution in [1.29, 1.82) is 0 Å². The van der Waals surface area contributed by atoms with Crippen molar-refractivity contribution in [3.63, 3.8) is 0 Å². The Bertz CT molecular complexity index is 551. The number of nitrogens with one attached hydrogen (secondary N) is 1. The van der Waals surface area contributed by atoms with Crippen molar-refractivity contribution in [3.8, 4) is 0 Å². The van der Waals surface area contributed by atoms with Gasteiger partial charge in [0.1, 0.15) is 0 Å². The lowest BCUT2D eigenvalue weighted by molar-refractivity contribution is -0.141. The van der Waals surface area contributed by atoms with Crippen molar-refractivity contribution in [2.75, 3.05) is 0 Å². The number of rotatable bonds is 3. The predicted molar refractivity (Wildman–Crippen MR) is 91.2 cm³/mol. The van der Waals surface area contributed by atoms with Gasteiger partial charge in [-0.25, -0.2) is 0 Å². The molecule has 2 saturated heterocycles. The Balaban J connectivity index is 1.94. The first-order valence-corrected chi connectivity index (χ1v) is 8.66. The van der Waals surface area contributed by atoms with Crippen LogP contribution in [-0.4, -0.2) is 26.1 Å². The van der Waals surface area contributed by atoms with Crippen molar-refractivity contribution in [3.05, 3.63) is 32.9 Å². The Morgan fingerprint density at radius 1 is 1.48 bits per heavy atom. The van der Waals surface area contributed by atoms with E-state index >= 15 is 0 Å². The number of piperidine rings is 1. The van der Waals surface area contributed by atoms with Crippen molar-refractivity contribution >= 4 is 36.6 Å². The molecule has 3 rings (SSSR count). The standard InChI is InChI=1S/C16H19BINO2/c1-2-9-3-4-10(7-13(9)18)12-8-11-5-6-14(19-11)15(12)16(20)21-17/h3-4,7,11-12,14-15,19H,2,5-6,8H2,1H3/t11-,12-,14?,15?/m1/s1. The second kappa shape index (κ2) is 6.28. The van der Waals surface area contributed by atoms with Gasteiger partial charge in [-0.2, -0.15) is 0 Å². The third-order valence-electron chi connectivity index (χ3n) is 4.96. The summed E-state index contributed by atoms with van der Waals surface area (Å²) in [5.41, 5.74) is 2.60.